The first-order valence-corrected chi connectivity index (χ1v) is 11.4. The van der Waals surface area contributed by atoms with Crippen LogP contribution >= 0.6 is 0 Å². The molecule has 5 nitrogen and oxygen atoms in total. The lowest BCUT2D eigenvalue weighted by Crippen LogP contribution is -2.65. The molecule has 0 bridgehead atoms. The van der Waals surface area contributed by atoms with E-state index in [0.717, 1.165) is 50.5 Å². The van der Waals surface area contributed by atoms with Crippen molar-refractivity contribution >= 4 is 0 Å². The number of fused-ring (bicyclic) bond motifs is 3. The summed E-state index contributed by atoms with van der Waals surface area (Å²) < 4.78 is 11.8. The average Bonchev–Trinajstić information content (AvgIpc) is 3.34. The quantitative estimate of drug-likeness (QED) is 0.706. The van der Waals surface area contributed by atoms with Gasteiger partial charge in [-0.15, -0.1) is 0 Å². The second kappa shape index (κ2) is 5.54. The molecule has 4 aliphatic carbocycles. The van der Waals surface area contributed by atoms with Crippen molar-refractivity contribution in [2.45, 2.75) is 94.5 Å². The third-order valence-corrected chi connectivity index (χ3v) is 10.3. The van der Waals surface area contributed by atoms with Gasteiger partial charge in [0.1, 0.15) is 5.60 Å². The Morgan fingerprint density at radius 1 is 1.03 bits per heavy atom. The molecule has 5 aliphatic rings. The Balaban J connectivity index is 1.37. The fourth-order valence-electron chi connectivity index (χ4n) is 8.73. The van der Waals surface area contributed by atoms with Crippen LogP contribution in [-0.4, -0.2) is 33.6 Å². The lowest BCUT2D eigenvalue weighted by molar-refractivity contribution is -0.223. The van der Waals surface area contributed by atoms with E-state index in [0.29, 0.717) is 24.2 Å². The lowest BCUT2D eigenvalue weighted by atomic mass is 9.42. The van der Waals surface area contributed by atoms with Crippen LogP contribution in [0.3, 0.4) is 0 Å². The maximum absolute atomic E-state index is 11.6. The van der Waals surface area contributed by atoms with E-state index < -0.39 is 5.60 Å². The van der Waals surface area contributed by atoms with Crippen molar-refractivity contribution in [3.8, 4) is 0 Å². The van der Waals surface area contributed by atoms with Crippen molar-refractivity contribution in [1.82, 2.24) is 0 Å². The van der Waals surface area contributed by atoms with E-state index in [4.69, 9.17) is 9.15 Å². The minimum atomic E-state index is -0.749. The van der Waals surface area contributed by atoms with Crippen LogP contribution in [0.2, 0.25) is 0 Å². The van der Waals surface area contributed by atoms with Gasteiger partial charge < -0.3 is 19.4 Å². The van der Waals surface area contributed by atoms with Crippen molar-refractivity contribution in [3.63, 3.8) is 0 Å². The Bertz CT molecular complexity index is 890. The van der Waals surface area contributed by atoms with Crippen molar-refractivity contribution in [1.29, 1.82) is 0 Å². The predicted molar refractivity (Wildman–Crippen MR) is 106 cm³/mol. The zero-order chi connectivity index (χ0) is 20.2. The molecule has 4 saturated carbocycles. The van der Waals surface area contributed by atoms with Gasteiger partial charge in [0.25, 0.3) is 0 Å². The molecule has 6 rings (SSSR count). The monoisotopic (exact) mass is 400 g/mol. The topological polar surface area (TPSA) is 83.2 Å². The van der Waals surface area contributed by atoms with Crippen LogP contribution in [0, 0.1) is 22.7 Å². The number of ether oxygens (including phenoxy) is 1. The normalized spacial score (nSPS) is 55.4. The third-order valence-electron chi connectivity index (χ3n) is 10.3. The number of hydrogen-bond donors (Lipinski definition) is 2. The molecule has 9 atom stereocenters. The van der Waals surface area contributed by atoms with Gasteiger partial charge >= 0.3 is 5.63 Å². The summed E-state index contributed by atoms with van der Waals surface area (Å²) in [7, 11) is 0. The minimum absolute atomic E-state index is 0.0404. The molecule has 0 amide bonds. The first kappa shape index (κ1) is 18.6. The molecule has 1 aliphatic heterocycles. The number of rotatable bonds is 1. The largest absolute Gasteiger partial charge is 0.431 e. The molecule has 29 heavy (non-hydrogen) atoms. The van der Waals surface area contributed by atoms with Crippen LogP contribution in [0.25, 0.3) is 0 Å². The number of aliphatic hydroxyl groups is 2. The predicted octanol–water partition coefficient (Wildman–Crippen LogP) is 3.37. The maximum Gasteiger partial charge on any atom is 0.335 e. The molecule has 0 radical (unpaired) electrons. The second-order valence-corrected chi connectivity index (χ2v) is 11.1. The molecule has 158 valence electrons. The Kier molecular flexibility index (Phi) is 3.55. The van der Waals surface area contributed by atoms with Gasteiger partial charge in [-0.3, -0.25) is 0 Å². The van der Waals surface area contributed by atoms with Crippen molar-refractivity contribution in [2.24, 2.45) is 22.7 Å². The van der Waals surface area contributed by atoms with Crippen LogP contribution in [0.15, 0.2) is 27.6 Å². The van der Waals surface area contributed by atoms with Crippen LogP contribution < -0.4 is 5.63 Å². The number of aliphatic hydroxyl groups excluding tert-OH is 1. The highest BCUT2D eigenvalue weighted by atomic mass is 16.6. The highest BCUT2D eigenvalue weighted by Gasteiger charge is 2.81. The summed E-state index contributed by atoms with van der Waals surface area (Å²) in [5.74, 6) is 1.26. The van der Waals surface area contributed by atoms with E-state index in [2.05, 4.69) is 13.8 Å². The Labute approximate surface area is 171 Å². The van der Waals surface area contributed by atoms with Crippen LogP contribution in [0.1, 0.15) is 76.7 Å². The Morgan fingerprint density at radius 2 is 1.79 bits per heavy atom. The minimum Gasteiger partial charge on any atom is -0.431 e. The molecular formula is C24H32O5. The average molecular weight is 401 g/mol. The van der Waals surface area contributed by atoms with Crippen LogP contribution in [0.5, 0.6) is 0 Å². The summed E-state index contributed by atoms with van der Waals surface area (Å²) in [5, 5.41) is 21.8. The highest BCUT2D eigenvalue weighted by molar-refractivity contribution is 5.35. The van der Waals surface area contributed by atoms with Crippen molar-refractivity contribution in [2.75, 3.05) is 0 Å². The van der Waals surface area contributed by atoms with Gasteiger partial charge in [-0.2, -0.15) is 0 Å². The van der Waals surface area contributed by atoms with Gasteiger partial charge in [0.05, 0.1) is 24.1 Å². The molecule has 1 aromatic rings. The second-order valence-electron chi connectivity index (χ2n) is 11.1. The van der Waals surface area contributed by atoms with E-state index in [-0.39, 0.29) is 34.3 Å². The standard InChI is InChI=1S/C24H32O5/c1-21-8-5-15(25)12-23(21,27)10-7-17-16(21)6-9-22(2)18(11-19-24(17,22)29-19)14-3-4-20(26)28-13-14/h3-4,13,15-19,25,27H,5-12H2,1-2H3/t15-,16?,17?,18+,19-,21+,22+,23-,24-/m0/s1. The summed E-state index contributed by atoms with van der Waals surface area (Å²) >= 11 is 0. The van der Waals surface area contributed by atoms with Crippen molar-refractivity contribution in [3.05, 3.63) is 34.4 Å². The fraction of sp³-hybridized carbons (Fsp3) is 0.792. The first-order chi connectivity index (χ1) is 13.7. The molecule has 1 saturated heterocycles. The number of epoxide rings is 1. The fourth-order valence-corrected chi connectivity index (χ4v) is 8.73. The summed E-state index contributed by atoms with van der Waals surface area (Å²) in [6.45, 7) is 4.67. The summed E-state index contributed by atoms with van der Waals surface area (Å²) in [6.07, 6.45) is 8.69. The molecule has 2 unspecified atom stereocenters. The van der Waals surface area contributed by atoms with Gasteiger partial charge in [0.2, 0.25) is 0 Å². The zero-order valence-electron chi connectivity index (χ0n) is 17.4. The number of hydrogen-bond acceptors (Lipinski definition) is 5. The van der Waals surface area contributed by atoms with Gasteiger partial charge in [-0.1, -0.05) is 13.8 Å². The molecule has 0 aromatic carbocycles. The molecule has 5 fully saturated rings. The molecule has 1 spiro atoms. The molecule has 2 heterocycles. The lowest BCUT2D eigenvalue weighted by Gasteiger charge is -2.64. The third kappa shape index (κ3) is 2.10. The zero-order valence-corrected chi connectivity index (χ0v) is 17.4. The van der Waals surface area contributed by atoms with Gasteiger partial charge in [0.15, 0.2) is 0 Å². The van der Waals surface area contributed by atoms with E-state index in [1.54, 1.807) is 6.26 Å². The molecular weight excluding hydrogens is 368 g/mol. The smallest absolute Gasteiger partial charge is 0.335 e. The van der Waals surface area contributed by atoms with E-state index in [1.807, 2.05) is 6.07 Å². The molecule has 1 aromatic heterocycles. The van der Waals surface area contributed by atoms with Gasteiger partial charge in [-0.25, -0.2) is 4.79 Å². The molecule has 2 N–H and O–H groups in total. The molecule has 5 heteroatoms. The maximum atomic E-state index is 11.6. The van der Waals surface area contributed by atoms with Crippen LogP contribution in [0.4, 0.5) is 0 Å². The Hall–Kier alpha value is -1.17. The van der Waals surface area contributed by atoms with Crippen molar-refractivity contribution < 1.29 is 19.4 Å². The SMILES string of the molecule is C[C@]12CC[C@H](O)C[C@@]1(O)CCC1C2CC[C@]2(C)[C@@H](c3ccc(=O)oc3)C[C@@H]3O[C@@]132. The summed E-state index contributed by atoms with van der Waals surface area (Å²) in [6, 6.07) is 3.48. The van der Waals surface area contributed by atoms with Gasteiger partial charge in [-0.05, 0) is 79.7 Å². The van der Waals surface area contributed by atoms with E-state index in [1.165, 1.54) is 6.07 Å². The Morgan fingerprint density at radius 3 is 2.55 bits per heavy atom. The van der Waals surface area contributed by atoms with Crippen LogP contribution in [-0.2, 0) is 4.74 Å². The highest BCUT2D eigenvalue weighted by Crippen LogP contribution is 2.78. The first-order valence-electron chi connectivity index (χ1n) is 11.4. The summed E-state index contributed by atoms with van der Waals surface area (Å²) in [5.41, 5.74) is -0.118. The van der Waals surface area contributed by atoms with E-state index in [9.17, 15) is 15.0 Å². The van der Waals surface area contributed by atoms with Gasteiger partial charge in [0, 0.05) is 17.9 Å². The summed E-state index contributed by atoms with van der Waals surface area (Å²) in [4.78, 5) is 11.4. The van der Waals surface area contributed by atoms with E-state index >= 15 is 0 Å².